The van der Waals surface area contributed by atoms with E-state index in [1.807, 2.05) is 6.07 Å². The highest BCUT2D eigenvalue weighted by Gasteiger charge is 2.22. The number of ether oxygens (including phenoxy) is 3. The number of benzene rings is 1. The van der Waals surface area contributed by atoms with Crippen LogP contribution in [-0.2, 0) is 4.74 Å². The van der Waals surface area contributed by atoms with Crippen molar-refractivity contribution in [2.75, 3.05) is 20.3 Å². The van der Waals surface area contributed by atoms with E-state index < -0.39 is 11.9 Å². The Balaban J connectivity index is 0.00000272. The molecule has 0 bridgehead atoms. The van der Waals surface area contributed by atoms with Gasteiger partial charge in [-0.15, -0.1) is 0 Å². The topological polar surface area (TPSA) is 95.7 Å². The van der Waals surface area contributed by atoms with E-state index >= 15 is 0 Å². The largest absolute Gasteiger partial charge is 0.493 e. The van der Waals surface area contributed by atoms with Crippen LogP contribution in [0.25, 0.3) is 22.7 Å². The van der Waals surface area contributed by atoms with E-state index in [2.05, 4.69) is 20.0 Å². The van der Waals surface area contributed by atoms with Crippen molar-refractivity contribution in [1.82, 2.24) is 15.3 Å². The maximum Gasteiger partial charge on any atom is 0.407 e. The molecule has 4 rings (SSSR count). The highest BCUT2D eigenvalue weighted by Crippen LogP contribution is 2.31. The standard InChI is InChI=1S/C21H22FN3O5.H2/c1-12(24-21(26)27-2)10-28-15-7-16(22)19(23-9-15)20-25-17-6-5-14(8-18(17)30-20)29-11-13-3-4-13;/h5-9,12-13H,3-4,10-11H2,1-2H3,(H,24,26);1H/t12-;/m0./s1. The number of fused-ring (bicyclic) bond motifs is 1. The van der Waals surface area contributed by atoms with E-state index in [1.54, 1.807) is 19.1 Å². The zero-order chi connectivity index (χ0) is 21.1. The number of alkyl carbamates (subject to hydrolysis) is 1. The first-order valence-corrected chi connectivity index (χ1v) is 9.68. The van der Waals surface area contributed by atoms with Crippen molar-refractivity contribution < 1.29 is 29.2 Å². The summed E-state index contributed by atoms with van der Waals surface area (Å²) in [4.78, 5) is 19.6. The number of methoxy groups -OCH3 is 1. The first-order valence-electron chi connectivity index (χ1n) is 9.68. The number of hydrogen-bond acceptors (Lipinski definition) is 7. The molecule has 1 amide bonds. The van der Waals surface area contributed by atoms with Crippen molar-refractivity contribution >= 4 is 17.2 Å². The van der Waals surface area contributed by atoms with E-state index in [9.17, 15) is 9.18 Å². The first kappa shape index (κ1) is 19.9. The van der Waals surface area contributed by atoms with Crippen molar-refractivity contribution in [2.24, 2.45) is 5.92 Å². The van der Waals surface area contributed by atoms with E-state index in [-0.39, 0.29) is 31.4 Å². The normalized spacial score (nSPS) is 14.4. The maximum atomic E-state index is 14.6. The lowest BCUT2D eigenvalue weighted by Crippen LogP contribution is -2.36. The first-order chi connectivity index (χ1) is 14.5. The third kappa shape index (κ3) is 4.79. The van der Waals surface area contributed by atoms with Crippen LogP contribution in [0.3, 0.4) is 0 Å². The van der Waals surface area contributed by atoms with E-state index in [0.29, 0.717) is 29.4 Å². The monoisotopic (exact) mass is 417 g/mol. The number of carbonyl (C=O) groups excluding carboxylic acids is 1. The van der Waals surface area contributed by atoms with E-state index in [0.717, 1.165) is 0 Å². The van der Waals surface area contributed by atoms with Crippen LogP contribution >= 0.6 is 0 Å². The third-order valence-corrected chi connectivity index (χ3v) is 4.61. The van der Waals surface area contributed by atoms with Crippen LogP contribution < -0.4 is 14.8 Å². The number of amides is 1. The Hall–Kier alpha value is -3.36. The quantitative estimate of drug-likeness (QED) is 0.587. The van der Waals surface area contributed by atoms with Crippen molar-refractivity contribution in [1.29, 1.82) is 0 Å². The highest BCUT2D eigenvalue weighted by atomic mass is 19.1. The molecule has 1 aromatic carbocycles. The maximum absolute atomic E-state index is 14.6. The number of halogens is 1. The number of nitrogens with zero attached hydrogens (tertiary/aromatic N) is 2. The SMILES string of the molecule is COC(=O)N[C@@H](C)COc1cnc(-c2nc3ccc(OCC4CC4)cc3o2)c(F)c1.[HH]. The fraction of sp³-hybridized carbons (Fsp3) is 0.381. The third-order valence-electron chi connectivity index (χ3n) is 4.61. The van der Waals surface area contributed by atoms with Crippen LogP contribution in [0, 0.1) is 11.7 Å². The summed E-state index contributed by atoms with van der Waals surface area (Å²) in [5, 5.41) is 2.55. The molecule has 2 aromatic heterocycles. The van der Waals surface area contributed by atoms with Gasteiger partial charge in [0.2, 0.25) is 5.89 Å². The molecule has 1 aliphatic rings. The van der Waals surface area contributed by atoms with Crippen LogP contribution in [0.2, 0.25) is 0 Å². The van der Waals surface area contributed by atoms with Gasteiger partial charge in [-0.3, -0.25) is 0 Å². The molecule has 1 fully saturated rings. The molecule has 8 nitrogen and oxygen atoms in total. The number of hydrogen-bond donors (Lipinski definition) is 1. The van der Waals surface area contributed by atoms with Gasteiger partial charge in [0, 0.05) is 13.6 Å². The molecule has 0 unspecified atom stereocenters. The second-order valence-electron chi connectivity index (χ2n) is 7.25. The predicted octanol–water partition coefficient (Wildman–Crippen LogP) is 4.19. The summed E-state index contributed by atoms with van der Waals surface area (Å²) in [5.41, 5.74) is 1.08. The van der Waals surface area contributed by atoms with Gasteiger partial charge in [-0.05, 0) is 37.8 Å². The van der Waals surface area contributed by atoms with Gasteiger partial charge in [-0.25, -0.2) is 19.2 Å². The van der Waals surface area contributed by atoms with Crippen LogP contribution in [0.4, 0.5) is 9.18 Å². The fourth-order valence-electron chi connectivity index (χ4n) is 2.77. The number of nitrogens with one attached hydrogen (secondary N) is 1. The minimum absolute atomic E-state index is 0. The average molecular weight is 417 g/mol. The summed E-state index contributed by atoms with van der Waals surface area (Å²) in [7, 11) is 1.27. The Morgan fingerprint density at radius 3 is 2.90 bits per heavy atom. The highest BCUT2D eigenvalue weighted by molar-refractivity contribution is 5.77. The van der Waals surface area contributed by atoms with Crippen LogP contribution in [0.5, 0.6) is 11.5 Å². The number of pyridine rings is 1. The lowest BCUT2D eigenvalue weighted by atomic mass is 10.3. The Bertz CT molecular complexity index is 1060. The Morgan fingerprint density at radius 2 is 2.17 bits per heavy atom. The van der Waals surface area contributed by atoms with Gasteiger partial charge in [-0.1, -0.05) is 0 Å². The summed E-state index contributed by atoms with van der Waals surface area (Å²) in [6, 6.07) is 6.22. The molecular weight excluding hydrogens is 393 g/mol. The minimum atomic E-state index is -0.627. The Labute approximate surface area is 173 Å². The molecular formula is C21H24FN3O5. The molecule has 1 atom stereocenters. The van der Waals surface area contributed by atoms with Crippen LogP contribution in [-0.4, -0.2) is 42.4 Å². The summed E-state index contributed by atoms with van der Waals surface area (Å²) >= 11 is 0. The fourth-order valence-corrected chi connectivity index (χ4v) is 2.77. The van der Waals surface area contributed by atoms with Gasteiger partial charge < -0.3 is 23.9 Å². The number of oxazole rings is 1. The van der Waals surface area contributed by atoms with Crippen molar-refractivity contribution in [3.63, 3.8) is 0 Å². The molecule has 9 heteroatoms. The number of aromatic nitrogens is 2. The van der Waals surface area contributed by atoms with E-state index in [1.165, 1.54) is 32.2 Å². The van der Waals surface area contributed by atoms with Gasteiger partial charge in [0.1, 0.15) is 23.6 Å². The molecule has 2 heterocycles. The molecule has 0 aliphatic heterocycles. The lowest BCUT2D eigenvalue weighted by Gasteiger charge is -2.14. The van der Waals surface area contributed by atoms with Gasteiger partial charge in [0.15, 0.2) is 17.1 Å². The number of carbonyl (C=O) groups is 1. The van der Waals surface area contributed by atoms with Gasteiger partial charge in [0.25, 0.3) is 0 Å². The molecule has 1 saturated carbocycles. The van der Waals surface area contributed by atoms with Gasteiger partial charge >= 0.3 is 6.09 Å². The molecule has 0 spiro atoms. The lowest BCUT2D eigenvalue weighted by molar-refractivity contribution is 0.161. The van der Waals surface area contributed by atoms with Crippen LogP contribution in [0.1, 0.15) is 21.2 Å². The molecule has 1 N–H and O–H groups in total. The second kappa shape index (κ2) is 8.56. The smallest absolute Gasteiger partial charge is 0.407 e. The Morgan fingerprint density at radius 1 is 1.33 bits per heavy atom. The van der Waals surface area contributed by atoms with E-state index in [4.69, 9.17) is 13.9 Å². The van der Waals surface area contributed by atoms with Gasteiger partial charge in [-0.2, -0.15) is 0 Å². The second-order valence-corrected chi connectivity index (χ2v) is 7.25. The predicted molar refractivity (Wildman–Crippen MR) is 108 cm³/mol. The van der Waals surface area contributed by atoms with Crippen molar-refractivity contribution in [3.05, 3.63) is 36.3 Å². The summed E-state index contributed by atoms with van der Waals surface area (Å²) in [6.45, 7) is 2.55. The molecule has 30 heavy (non-hydrogen) atoms. The van der Waals surface area contributed by atoms with Crippen LogP contribution in [0.15, 0.2) is 34.9 Å². The van der Waals surface area contributed by atoms with Gasteiger partial charge in [0.05, 0.1) is 26.0 Å². The molecule has 0 saturated heterocycles. The van der Waals surface area contributed by atoms with Crippen molar-refractivity contribution in [2.45, 2.75) is 25.8 Å². The molecule has 3 aromatic rings. The summed E-state index contributed by atoms with van der Waals surface area (Å²) in [6.07, 6.45) is 3.23. The van der Waals surface area contributed by atoms with Crippen molar-refractivity contribution in [3.8, 4) is 23.1 Å². The molecule has 1 aliphatic carbocycles. The zero-order valence-corrected chi connectivity index (χ0v) is 16.7. The zero-order valence-electron chi connectivity index (χ0n) is 16.7. The Kier molecular flexibility index (Phi) is 5.69. The summed E-state index contributed by atoms with van der Waals surface area (Å²) < 4.78 is 36.0. The number of rotatable bonds is 8. The molecule has 160 valence electrons. The minimum Gasteiger partial charge on any atom is -0.493 e. The average Bonchev–Trinajstić information content (AvgIpc) is 3.47. The molecule has 0 radical (unpaired) electrons. The summed E-state index contributed by atoms with van der Waals surface area (Å²) in [5.74, 6) is 1.02.